The van der Waals surface area contributed by atoms with Gasteiger partial charge in [0.15, 0.2) is 5.96 Å². The van der Waals surface area contributed by atoms with Crippen molar-refractivity contribution in [2.24, 2.45) is 10.9 Å². The molecular weight excluding hydrogens is 330 g/mol. The van der Waals surface area contributed by atoms with Crippen LogP contribution in [0.1, 0.15) is 32.5 Å². The number of hydrogen-bond donors (Lipinski definition) is 3. The summed E-state index contributed by atoms with van der Waals surface area (Å²) in [7, 11) is 3.47. The van der Waals surface area contributed by atoms with Crippen molar-refractivity contribution in [1.82, 2.24) is 30.4 Å². The molecule has 1 aliphatic rings. The molecular formula is C18H33N7O. The highest BCUT2D eigenvalue weighted by atomic mass is 16.1. The van der Waals surface area contributed by atoms with Gasteiger partial charge >= 0.3 is 0 Å². The van der Waals surface area contributed by atoms with Crippen LogP contribution in [0.4, 0.5) is 0 Å². The Labute approximate surface area is 156 Å². The minimum atomic E-state index is 0.0748. The van der Waals surface area contributed by atoms with E-state index in [9.17, 15) is 4.79 Å². The van der Waals surface area contributed by atoms with Crippen molar-refractivity contribution >= 4 is 11.9 Å². The van der Waals surface area contributed by atoms with E-state index in [2.05, 4.69) is 49.2 Å². The maximum Gasteiger partial charge on any atom is 0.233 e. The van der Waals surface area contributed by atoms with Crippen LogP contribution in [-0.2, 0) is 17.9 Å². The van der Waals surface area contributed by atoms with Gasteiger partial charge in [-0.1, -0.05) is 13.8 Å². The van der Waals surface area contributed by atoms with Crippen LogP contribution in [0.3, 0.4) is 0 Å². The van der Waals surface area contributed by atoms with Crippen LogP contribution >= 0.6 is 0 Å². The van der Waals surface area contributed by atoms with Crippen LogP contribution in [0.5, 0.6) is 0 Å². The number of likely N-dealkylation sites (N-methyl/N-ethyl adjacent to an activating group) is 1. The minimum Gasteiger partial charge on any atom is -0.358 e. The number of guanidine groups is 1. The molecule has 2 rings (SSSR count). The van der Waals surface area contributed by atoms with Crippen LogP contribution < -0.4 is 16.0 Å². The lowest BCUT2D eigenvalue weighted by atomic mass is 10.1. The largest absolute Gasteiger partial charge is 0.358 e. The Balaban J connectivity index is 1.77. The van der Waals surface area contributed by atoms with Crippen molar-refractivity contribution in [3.63, 3.8) is 0 Å². The van der Waals surface area contributed by atoms with Crippen molar-refractivity contribution in [2.75, 3.05) is 33.7 Å². The zero-order chi connectivity index (χ0) is 18.9. The first-order valence-corrected chi connectivity index (χ1v) is 9.42. The Morgan fingerprint density at radius 1 is 1.38 bits per heavy atom. The molecule has 3 N–H and O–H groups in total. The number of imidazole rings is 1. The lowest BCUT2D eigenvalue weighted by molar-refractivity contribution is -0.122. The van der Waals surface area contributed by atoms with Crippen LogP contribution in [0, 0.1) is 5.92 Å². The molecule has 1 aromatic rings. The molecule has 146 valence electrons. The number of amides is 1. The molecule has 0 aromatic carbocycles. The van der Waals surface area contributed by atoms with Gasteiger partial charge in [0.05, 0.1) is 13.1 Å². The number of aromatic nitrogens is 2. The third-order valence-electron chi connectivity index (χ3n) is 4.58. The van der Waals surface area contributed by atoms with Gasteiger partial charge in [-0.05, 0) is 18.8 Å². The van der Waals surface area contributed by atoms with Crippen LogP contribution in [0.2, 0.25) is 0 Å². The maximum atomic E-state index is 11.5. The Bertz CT molecular complexity index is 588. The number of carbonyl (C=O) groups is 1. The SMILES string of the molecule is CN=C(NCc1nccn1CC(C)C)NC1CCN(CC(=O)NC)CC1. The molecule has 0 spiro atoms. The average Bonchev–Trinajstić information content (AvgIpc) is 3.06. The number of rotatable bonds is 7. The summed E-state index contributed by atoms with van der Waals surface area (Å²) < 4.78 is 2.18. The number of likely N-dealkylation sites (tertiary alicyclic amines) is 1. The summed E-state index contributed by atoms with van der Waals surface area (Å²) in [6.07, 6.45) is 5.87. The average molecular weight is 364 g/mol. The summed E-state index contributed by atoms with van der Waals surface area (Å²) in [6, 6.07) is 0.373. The molecule has 8 nitrogen and oxygen atoms in total. The second kappa shape index (κ2) is 10.2. The van der Waals surface area contributed by atoms with Crippen LogP contribution in [0.15, 0.2) is 17.4 Å². The lowest BCUT2D eigenvalue weighted by Gasteiger charge is -2.32. The molecule has 8 heteroatoms. The van der Waals surface area contributed by atoms with Crippen molar-refractivity contribution < 1.29 is 4.79 Å². The van der Waals surface area contributed by atoms with Crippen molar-refractivity contribution in [1.29, 1.82) is 0 Å². The molecule has 1 amide bonds. The molecule has 0 radical (unpaired) electrons. The Hall–Kier alpha value is -2.09. The van der Waals surface area contributed by atoms with E-state index in [1.54, 1.807) is 14.1 Å². The van der Waals surface area contributed by atoms with E-state index in [1.165, 1.54) is 0 Å². The van der Waals surface area contributed by atoms with Gasteiger partial charge < -0.3 is 20.5 Å². The predicted molar refractivity (Wildman–Crippen MR) is 104 cm³/mol. The first kappa shape index (κ1) is 20.2. The summed E-state index contributed by atoms with van der Waals surface area (Å²) in [6.45, 7) is 8.33. The highest BCUT2D eigenvalue weighted by molar-refractivity contribution is 5.80. The van der Waals surface area contributed by atoms with Crippen LogP contribution in [-0.4, -0.2) is 66.1 Å². The van der Waals surface area contributed by atoms with Crippen molar-refractivity contribution in [3.8, 4) is 0 Å². The first-order chi connectivity index (χ1) is 12.5. The molecule has 1 fully saturated rings. The predicted octanol–water partition coefficient (Wildman–Crippen LogP) is 0.415. The molecule has 1 aromatic heterocycles. The fourth-order valence-electron chi connectivity index (χ4n) is 3.14. The fraction of sp³-hybridized carbons (Fsp3) is 0.722. The molecule has 0 unspecified atom stereocenters. The van der Waals surface area contributed by atoms with E-state index in [1.807, 2.05) is 12.4 Å². The normalized spacial score (nSPS) is 16.7. The Kier molecular flexibility index (Phi) is 7.90. The van der Waals surface area contributed by atoms with Crippen molar-refractivity contribution in [2.45, 2.75) is 45.8 Å². The van der Waals surface area contributed by atoms with E-state index in [0.717, 1.165) is 44.3 Å². The third-order valence-corrected chi connectivity index (χ3v) is 4.58. The van der Waals surface area contributed by atoms with Gasteiger partial charge in [-0.25, -0.2) is 4.98 Å². The minimum absolute atomic E-state index is 0.0748. The summed E-state index contributed by atoms with van der Waals surface area (Å²) in [5.74, 6) is 2.47. The number of carbonyl (C=O) groups excluding carboxylic acids is 1. The van der Waals surface area contributed by atoms with E-state index < -0.39 is 0 Å². The number of hydrogen-bond acceptors (Lipinski definition) is 4. The molecule has 0 atom stereocenters. The number of nitrogens with one attached hydrogen (secondary N) is 3. The number of aliphatic imine (C=N–C) groups is 1. The molecule has 26 heavy (non-hydrogen) atoms. The molecule has 0 bridgehead atoms. The van der Waals surface area contributed by atoms with Gasteiger partial charge in [-0.2, -0.15) is 0 Å². The van der Waals surface area contributed by atoms with Gasteiger partial charge in [0, 0.05) is 52.2 Å². The Morgan fingerprint density at radius 2 is 2.12 bits per heavy atom. The van der Waals surface area contributed by atoms with Gasteiger partial charge in [0.25, 0.3) is 0 Å². The number of nitrogens with zero attached hydrogens (tertiary/aromatic N) is 4. The van der Waals surface area contributed by atoms with Gasteiger partial charge in [-0.3, -0.25) is 14.7 Å². The van der Waals surface area contributed by atoms with Gasteiger partial charge in [0.2, 0.25) is 5.91 Å². The maximum absolute atomic E-state index is 11.5. The zero-order valence-electron chi connectivity index (χ0n) is 16.5. The van der Waals surface area contributed by atoms with Gasteiger partial charge in [-0.15, -0.1) is 0 Å². The summed E-state index contributed by atoms with van der Waals surface area (Å²) in [5, 5.41) is 9.53. The molecule has 0 saturated carbocycles. The topological polar surface area (TPSA) is 86.6 Å². The highest BCUT2D eigenvalue weighted by Gasteiger charge is 2.21. The monoisotopic (exact) mass is 363 g/mol. The van der Waals surface area contributed by atoms with Crippen molar-refractivity contribution in [3.05, 3.63) is 18.2 Å². The zero-order valence-corrected chi connectivity index (χ0v) is 16.5. The molecule has 1 aliphatic heterocycles. The molecule has 2 heterocycles. The second-order valence-corrected chi connectivity index (χ2v) is 7.18. The first-order valence-electron chi connectivity index (χ1n) is 9.42. The number of piperidine rings is 1. The lowest BCUT2D eigenvalue weighted by Crippen LogP contribution is -2.49. The molecule has 1 saturated heterocycles. The standard InChI is InChI=1S/C18H33N7O/c1-14(2)12-25-10-7-21-16(25)11-22-18(20-4)23-15-5-8-24(9-6-15)13-17(26)19-3/h7,10,14-15H,5-6,8-9,11-13H2,1-4H3,(H,19,26)(H2,20,22,23). The van der Waals surface area contributed by atoms with E-state index in [0.29, 0.717) is 25.0 Å². The summed E-state index contributed by atoms with van der Waals surface area (Å²) in [5.41, 5.74) is 0. The highest BCUT2D eigenvalue weighted by Crippen LogP contribution is 2.10. The van der Waals surface area contributed by atoms with E-state index in [4.69, 9.17) is 0 Å². The van der Waals surface area contributed by atoms with E-state index in [-0.39, 0.29) is 5.91 Å². The summed E-state index contributed by atoms with van der Waals surface area (Å²) in [4.78, 5) is 22.4. The van der Waals surface area contributed by atoms with E-state index >= 15 is 0 Å². The third kappa shape index (κ3) is 6.33. The fourth-order valence-corrected chi connectivity index (χ4v) is 3.14. The smallest absolute Gasteiger partial charge is 0.233 e. The molecule has 0 aliphatic carbocycles. The quantitative estimate of drug-likeness (QED) is 0.483. The van der Waals surface area contributed by atoms with Crippen LogP contribution in [0.25, 0.3) is 0 Å². The second-order valence-electron chi connectivity index (χ2n) is 7.18. The summed E-state index contributed by atoms with van der Waals surface area (Å²) >= 11 is 0. The Morgan fingerprint density at radius 3 is 2.73 bits per heavy atom. The van der Waals surface area contributed by atoms with Gasteiger partial charge in [0.1, 0.15) is 5.82 Å².